The zero-order valence-electron chi connectivity index (χ0n) is 6.67. The van der Waals surface area contributed by atoms with Crippen LogP contribution in [0, 0.1) is 12.8 Å². The highest BCUT2D eigenvalue weighted by Crippen LogP contribution is 2.15. The van der Waals surface area contributed by atoms with Gasteiger partial charge in [0.25, 0.3) is 0 Å². The van der Waals surface area contributed by atoms with E-state index in [0.29, 0.717) is 11.8 Å². The minimum Gasteiger partial charge on any atom is -0.143 e. The molecule has 0 radical (unpaired) electrons. The molecule has 0 N–H and O–H groups in total. The SMILES string of the molecule is Cc1nnsc1CC(C)CCl. The number of nitrogens with zero attached hydrogens (tertiary/aromatic N) is 2. The van der Waals surface area contributed by atoms with Gasteiger partial charge in [-0.05, 0) is 30.8 Å². The maximum Gasteiger partial charge on any atom is 0.0756 e. The zero-order valence-corrected chi connectivity index (χ0v) is 8.24. The molecule has 0 aliphatic carbocycles. The fraction of sp³-hybridized carbons (Fsp3) is 0.714. The molecule has 0 spiro atoms. The Hall–Kier alpha value is -0.150. The van der Waals surface area contributed by atoms with Gasteiger partial charge in [-0.25, -0.2) is 0 Å². The highest BCUT2D eigenvalue weighted by atomic mass is 35.5. The predicted octanol–water partition coefficient (Wildman–Crippen LogP) is 2.26. The van der Waals surface area contributed by atoms with Crippen molar-refractivity contribution < 1.29 is 0 Å². The Morgan fingerprint density at radius 2 is 2.36 bits per heavy atom. The summed E-state index contributed by atoms with van der Waals surface area (Å²) in [5.74, 6) is 1.23. The van der Waals surface area contributed by atoms with Gasteiger partial charge in [0.15, 0.2) is 0 Å². The van der Waals surface area contributed by atoms with Crippen LogP contribution in [-0.4, -0.2) is 15.5 Å². The maximum atomic E-state index is 5.69. The summed E-state index contributed by atoms with van der Waals surface area (Å²) >= 11 is 7.16. The second kappa shape index (κ2) is 4.02. The van der Waals surface area contributed by atoms with Gasteiger partial charge in [-0.3, -0.25) is 0 Å². The molecule has 0 saturated heterocycles. The molecule has 1 aromatic rings. The van der Waals surface area contributed by atoms with Gasteiger partial charge in [-0.2, -0.15) is 0 Å². The first-order valence-electron chi connectivity index (χ1n) is 3.57. The summed E-state index contributed by atoms with van der Waals surface area (Å²) in [7, 11) is 0. The summed E-state index contributed by atoms with van der Waals surface area (Å²) in [4.78, 5) is 1.26. The third-order valence-electron chi connectivity index (χ3n) is 1.54. The Kier molecular flexibility index (Phi) is 3.27. The number of hydrogen-bond donors (Lipinski definition) is 0. The van der Waals surface area contributed by atoms with Crippen molar-refractivity contribution >= 4 is 23.1 Å². The van der Waals surface area contributed by atoms with Crippen LogP contribution in [-0.2, 0) is 6.42 Å². The topological polar surface area (TPSA) is 25.8 Å². The van der Waals surface area contributed by atoms with E-state index in [1.54, 1.807) is 0 Å². The molecule has 4 heteroatoms. The van der Waals surface area contributed by atoms with E-state index in [2.05, 4.69) is 16.5 Å². The van der Waals surface area contributed by atoms with Crippen molar-refractivity contribution in [2.45, 2.75) is 20.3 Å². The van der Waals surface area contributed by atoms with Crippen LogP contribution < -0.4 is 0 Å². The van der Waals surface area contributed by atoms with E-state index in [9.17, 15) is 0 Å². The quantitative estimate of drug-likeness (QED) is 0.684. The molecule has 11 heavy (non-hydrogen) atoms. The van der Waals surface area contributed by atoms with Crippen LogP contribution in [0.5, 0.6) is 0 Å². The minimum absolute atomic E-state index is 0.526. The second-order valence-corrected chi connectivity index (χ2v) is 3.89. The molecule has 0 saturated carbocycles. The number of alkyl halides is 1. The standard InChI is InChI=1S/C7H11ClN2S/c1-5(4-8)3-7-6(2)9-10-11-7/h5H,3-4H2,1-2H3. The van der Waals surface area contributed by atoms with E-state index >= 15 is 0 Å². The molecule has 1 rings (SSSR count). The smallest absolute Gasteiger partial charge is 0.0756 e. The van der Waals surface area contributed by atoms with Crippen LogP contribution in [0.2, 0.25) is 0 Å². The van der Waals surface area contributed by atoms with Gasteiger partial charge in [0, 0.05) is 10.8 Å². The van der Waals surface area contributed by atoms with Crippen LogP contribution in [0.3, 0.4) is 0 Å². The Morgan fingerprint density at radius 3 is 2.82 bits per heavy atom. The predicted molar refractivity (Wildman–Crippen MR) is 48.2 cm³/mol. The molecule has 0 bridgehead atoms. The van der Waals surface area contributed by atoms with E-state index in [1.807, 2.05) is 6.92 Å². The lowest BCUT2D eigenvalue weighted by Gasteiger charge is -2.03. The van der Waals surface area contributed by atoms with Crippen molar-refractivity contribution in [1.29, 1.82) is 0 Å². The van der Waals surface area contributed by atoms with Crippen molar-refractivity contribution in [3.8, 4) is 0 Å². The van der Waals surface area contributed by atoms with E-state index in [4.69, 9.17) is 11.6 Å². The number of halogens is 1. The van der Waals surface area contributed by atoms with Crippen LogP contribution >= 0.6 is 23.1 Å². The average Bonchev–Trinajstić information content (AvgIpc) is 2.37. The molecule has 2 nitrogen and oxygen atoms in total. The fourth-order valence-corrected chi connectivity index (χ4v) is 1.71. The minimum atomic E-state index is 0.526. The van der Waals surface area contributed by atoms with Gasteiger partial charge in [-0.15, -0.1) is 16.7 Å². The first-order valence-corrected chi connectivity index (χ1v) is 4.88. The fourth-order valence-electron chi connectivity index (χ4n) is 0.809. The van der Waals surface area contributed by atoms with Gasteiger partial charge in [-0.1, -0.05) is 11.4 Å². The molecule has 0 aliphatic heterocycles. The Bertz CT molecular complexity index is 224. The van der Waals surface area contributed by atoms with E-state index in [0.717, 1.165) is 12.1 Å². The van der Waals surface area contributed by atoms with E-state index in [1.165, 1.54) is 16.4 Å². The number of aromatic nitrogens is 2. The molecule has 1 heterocycles. The lowest BCUT2D eigenvalue weighted by Crippen LogP contribution is -2.00. The second-order valence-electron chi connectivity index (χ2n) is 2.75. The molecule has 1 atom stereocenters. The molecular weight excluding hydrogens is 180 g/mol. The molecule has 0 aliphatic rings. The van der Waals surface area contributed by atoms with Gasteiger partial charge < -0.3 is 0 Å². The molecule has 0 aromatic carbocycles. The van der Waals surface area contributed by atoms with Crippen molar-refractivity contribution in [2.24, 2.45) is 5.92 Å². The molecule has 0 fully saturated rings. The molecule has 62 valence electrons. The van der Waals surface area contributed by atoms with Gasteiger partial charge in [0.1, 0.15) is 0 Å². The summed E-state index contributed by atoms with van der Waals surface area (Å²) in [6.07, 6.45) is 1.01. The van der Waals surface area contributed by atoms with Crippen molar-refractivity contribution in [1.82, 2.24) is 9.59 Å². The van der Waals surface area contributed by atoms with Crippen molar-refractivity contribution in [3.63, 3.8) is 0 Å². The van der Waals surface area contributed by atoms with Gasteiger partial charge >= 0.3 is 0 Å². The van der Waals surface area contributed by atoms with Crippen LogP contribution in [0.4, 0.5) is 0 Å². The summed E-state index contributed by atoms with van der Waals surface area (Å²) in [5.41, 5.74) is 1.05. The molecular formula is C7H11ClN2S. The third-order valence-corrected chi connectivity index (χ3v) is 2.92. The monoisotopic (exact) mass is 190 g/mol. The van der Waals surface area contributed by atoms with Crippen molar-refractivity contribution in [2.75, 3.05) is 5.88 Å². The first kappa shape index (κ1) is 8.94. The van der Waals surface area contributed by atoms with Crippen LogP contribution in [0.25, 0.3) is 0 Å². The van der Waals surface area contributed by atoms with Crippen molar-refractivity contribution in [3.05, 3.63) is 10.6 Å². The average molecular weight is 191 g/mol. The first-order chi connectivity index (χ1) is 5.24. The summed E-state index contributed by atoms with van der Waals surface area (Å²) < 4.78 is 3.86. The molecule has 0 amide bonds. The summed E-state index contributed by atoms with van der Waals surface area (Å²) in [6, 6.07) is 0. The summed E-state index contributed by atoms with van der Waals surface area (Å²) in [6.45, 7) is 4.12. The van der Waals surface area contributed by atoms with Gasteiger partial charge in [0.2, 0.25) is 0 Å². The molecule has 1 aromatic heterocycles. The Balaban J connectivity index is 2.56. The molecule has 1 unspecified atom stereocenters. The lowest BCUT2D eigenvalue weighted by molar-refractivity contribution is 0.658. The largest absolute Gasteiger partial charge is 0.143 e. The highest BCUT2D eigenvalue weighted by Gasteiger charge is 2.07. The van der Waals surface area contributed by atoms with E-state index < -0.39 is 0 Å². The number of hydrogen-bond acceptors (Lipinski definition) is 3. The Labute approximate surface area is 75.7 Å². The highest BCUT2D eigenvalue weighted by molar-refractivity contribution is 7.05. The Morgan fingerprint density at radius 1 is 1.64 bits per heavy atom. The normalized spacial score (nSPS) is 13.4. The maximum absolute atomic E-state index is 5.69. The van der Waals surface area contributed by atoms with Gasteiger partial charge in [0.05, 0.1) is 5.69 Å². The van der Waals surface area contributed by atoms with E-state index in [-0.39, 0.29) is 0 Å². The third kappa shape index (κ3) is 2.42. The zero-order chi connectivity index (χ0) is 8.27. The van der Waals surface area contributed by atoms with Crippen LogP contribution in [0.15, 0.2) is 0 Å². The summed E-state index contributed by atoms with van der Waals surface area (Å²) in [5, 5.41) is 3.93. The number of rotatable bonds is 3. The lowest BCUT2D eigenvalue weighted by atomic mass is 10.1. The van der Waals surface area contributed by atoms with Crippen LogP contribution in [0.1, 0.15) is 17.5 Å². The number of aryl methyl sites for hydroxylation is 1.